The smallest absolute Gasteiger partial charge is 0.343 e. The zero-order chi connectivity index (χ0) is 19.6. The van der Waals surface area contributed by atoms with E-state index in [4.69, 9.17) is 21.1 Å². The summed E-state index contributed by atoms with van der Waals surface area (Å²) < 4.78 is 9.77. The van der Waals surface area contributed by atoms with Crippen molar-refractivity contribution in [2.24, 2.45) is 0 Å². The average molecular weight is 378 g/mol. The summed E-state index contributed by atoms with van der Waals surface area (Å²) in [4.78, 5) is 37.5. The maximum absolute atomic E-state index is 12.6. The highest BCUT2D eigenvalue weighted by atomic mass is 35.5. The molecule has 0 aromatic heterocycles. The third-order valence-corrected chi connectivity index (χ3v) is 4.73. The van der Waals surface area contributed by atoms with E-state index in [9.17, 15) is 14.4 Å². The molecule has 0 unspecified atom stereocenters. The van der Waals surface area contributed by atoms with E-state index in [2.05, 4.69) is 5.32 Å². The minimum absolute atomic E-state index is 0.145. The second kappa shape index (κ2) is 7.33. The largest absolute Gasteiger partial charge is 0.467 e. The summed E-state index contributed by atoms with van der Waals surface area (Å²) in [5.41, 5.74) is 0.288. The molecule has 0 fully saturated rings. The number of benzene rings is 1. The molecule has 0 radical (unpaired) electrons. The quantitative estimate of drug-likeness (QED) is 0.641. The Labute approximate surface area is 156 Å². The highest BCUT2D eigenvalue weighted by Gasteiger charge is 2.51. The average Bonchev–Trinajstić information content (AvgIpc) is 2.62. The predicted octanol–water partition coefficient (Wildman–Crippen LogP) is 2.66. The molecule has 6 nitrogen and oxygen atoms in total. The van der Waals surface area contributed by atoms with Gasteiger partial charge in [-0.05, 0) is 44.0 Å². The predicted molar refractivity (Wildman–Crippen MR) is 97.3 cm³/mol. The Kier molecular flexibility index (Phi) is 5.56. The number of esters is 2. The Morgan fingerprint density at radius 1 is 1.04 bits per heavy atom. The van der Waals surface area contributed by atoms with Crippen molar-refractivity contribution in [3.8, 4) is 0 Å². The topological polar surface area (TPSA) is 81.7 Å². The number of allylic oxidation sites excluding steroid dienone is 1. The van der Waals surface area contributed by atoms with Gasteiger partial charge < -0.3 is 14.8 Å². The number of hydrogen-bond donors (Lipinski definition) is 1. The van der Waals surface area contributed by atoms with Crippen LogP contribution in [0.15, 0.2) is 41.1 Å². The van der Waals surface area contributed by atoms with E-state index in [1.807, 2.05) is 0 Å². The summed E-state index contributed by atoms with van der Waals surface area (Å²) in [5.74, 6) is -1.93. The van der Waals surface area contributed by atoms with Crippen LogP contribution in [-0.2, 0) is 23.9 Å². The molecule has 1 aliphatic heterocycles. The fourth-order valence-corrected chi connectivity index (χ4v) is 3.31. The molecular weight excluding hydrogens is 358 g/mol. The summed E-state index contributed by atoms with van der Waals surface area (Å²) >= 11 is 5.95. The summed E-state index contributed by atoms with van der Waals surface area (Å²) in [6, 6.07) is 6.87. The molecular formula is C19H20ClNO5. The molecule has 0 bridgehead atoms. The molecule has 0 spiro atoms. The first kappa shape index (κ1) is 19.7. The molecule has 1 heterocycles. The van der Waals surface area contributed by atoms with Crippen molar-refractivity contribution >= 4 is 34.9 Å². The van der Waals surface area contributed by atoms with Crippen LogP contribution in [0.5, 0.6) is 0 Å². The summed E-state index contributed by atoms with van der Waals surface area (Å²) in [6.45, 7) is 4.49. The monoisotopic (exact) mass is 377 g/mol. The lowest BCUT2D eigenvalue weighted by atomic mass is 9.76. The van der Waals surface area contributed by atoms with Crippen molar-refractivity contribution in [1.82, 2.24) is 5.32 Å². The Hall–Kier alpha value is -2.60. The van der Waals surface area contributed by atoms with Gasteiger partial charge in [0.05, 0.1) is 19.8 Å². The fourth-order valence-electron chi connectivity index (χ4n) is 3.19. The minimum atomic E-state index is -1.78. The number of halogens is 1. The molecule has 0 aliphatic carbocycles. The molecule has 1 aromatic rings. The molecule has 2 rings (SSSR count). The molecule has 7 heteroatoms. The van der Waals surface area contributed by atoms with Crippen LogP contribution in [0.1, 0.15) is 26.3 Å². The standard InChI is InChI=1S/C19H20ClNO5/c1-10-15(17(23)25-4)16(13-6-8-14(20)9-7-13)11(2)21-19(10,12(3)22)18(24)26-5/h6-9,21H,1-5H3/t19-/m1/s1. The molecule has 1 aliphatic rings. The zero-order valence-corrected chi connectivity index (χ0v) is 16.0. The van der Waals surface area contributed by atoms with Crippen molar-refractivity contribution in [2.75, 3.05) is 14.2 Å². The van der Waals surface area contributed by atoms with E-state index in [1.165, 1.54) is 21.1 Å². The fraction of sp³-hybridized carbons (Fsp3) is 0.316. The SMILES string of the molecule is COC(=O)C1=C(C)[C@@](C(C)=O)(C(=O)OC)NC(C)=C1c1ccc(Cl)cc1. The molecule has 1 aromatic carbocycles. The Bertz CT molecular complexity index is 838. The molecule has 26 heavy (non-hydrogen) atoms. The van der Waals surface area contributed by atoms with E-state index in [1.54, 1.807) is 38.1 Å². The van der Waals surface area contributed by atoms with Crippen LogP contribution in [0.25, 0.3) is 5.57 Å². The number of nitrogens with one attached hydrogen (secondary N) is 1. The van der Waals surface area contributed by atoms with Gasteiger partial charge in [0.15, 0.2) is 5.78 Å². The van der Waals surface area contributed by atoms with Crippen molar-refractivity contribution in [1.29, 1.82) is 0 Å². The first-order chi connectivity index (χ1) is 12.2. The first-order valence-corrected chi connectivity index (χ1v) is 8.23. The van der Waals surface area contributed by atoms with E-state index >= 15 is 0 Å². The number of carbonyl (C=O) groups is 3. The second-order valence-electron chi connectivity index (χ2n) is 5.92. The highest BCUT2D eigenvalue weighted by Crippen LogP contribution is 2.39. The van der Waals surface area contributed by atoms with Gasteiger partial charge in [0.25, 0.3) is 0 Å². The Balaban J connectivity index is 2.82. The third kappa shape index (κ3) is 3.01. The molecule has 0 amide bonds. The molecule has 0 saturated heterocycles. The minimum Gasteiger partial charge on any atom is -0.467 e. The van der Waals surface area contributed by atoms with Crippen molar-refractivity contribution in [2.45, 2.75) is 26.3 Å². The maximum Gasteiger partial charge on any atom is 0.343 e. The van der Waals surface area contributed by atoms with Crippen LogP contribution >= 0.6 is 11.6 Å². The molecule has 1 atom stereocenters. The summed E-state index contributed by atoms with van der Waals surface area (Å²) in [5, 5.41) is 3.50. The van der Waals surface area contributed by atoms with Gasteiger partial charge in [0.2, 0.25) is 5.54 Å². The number of ketones is 1. The normalized spacial score (nSPS) is 19.8. The number of carbonyl (C=O) groups excluding carboxylic acids is 3. The van der Waals surface area contributed by atoms with Gasteiger partial charge in [-0.3, -0.25) is 4.79 Å². The Morgan fingerprint density at radius 2 is 1.62 bits per heavy atom. The molecule has 1 N–H and O–H groups in total. The van der Waals surface area contributed by atoms with Gasteiger partial charge in [-0.15, -0.1) is 0 Å². The van der Waals surface area contributed by atoms with Crippen LogP contribution in [0.3, 0.4) is 0 Å². The number of Topliss-reactive ketones (excluding diaryl/α,β-unsaturated/α-hetero) is 1. The third-order valence-electron chi connectivity index (χ3n) is 4.48. The maximum atomic E-state index is 12.6. The van der Waals surface area contributed by atoms with Crippen molar-refractivity contribution < 1.29 is 23.9 Å². The van der Waals surface area contributed by atoms with Gasteiger partial charge in [0.1, 0.15) is 0 Å². The van der Waals surface area contributed by atoms with Crippen LogP contribution in [-0.4, -0.2) is 37.5 Å². The van der Waals surface area contributed by atoms with E-state index < -0.39 is 23.3 Å². The lowest BCUT2D eigenvalue weighted by Gasteiger charge is -2.38. The highest BCUT2D eigenvalue weighted by molar-refractivity contribution is 6.30. The number of dihydropyridines is 1. The van der Waals surface area contributed by atoms with E-state index in [0.717, 1.165) is 0 Å². The van der Waals surface area contributed by atoms with E-state index in [-0.39, 0.29) is 11.1 Å². The summed E-state index contributed by atoms with van der Waals surface area (Å²) in [6.07, 6.45) is 0. The van der Waals surface area contributed by atoms with Gasteiger partial charge in [-0.25, -0.2) is 9.59 Å². The van der Waals surface area contributed by atoms with Crippen LogP contribution in [0.4, 0.5) is 0 Å². The zero-order valence-electron chi connectivity index (χ0n) is 15.2. The number of hydrogen-bond acceptors (Lipinski definition) is 6. The number of ether oxygens (including phenoxy) is 2. The van der Waals surface area contributed by atoms with Crippen LogP contribution < -0.4 is 5.32 Å². The van der Waals surface area contributed by atoms with Gasteiger partial charge >= 0.3 is 11.9 Å². The molecule has 0 saturated carbocycles. The summed E-state index contributed by atoms with van der Waals surface area (Å²) in [7, 11) is 2.43. The second-order valence-corrected chi connectivity index (χ2v) is 6.36. The lowest BCUT2D eigenvalue weighted by molar-refractivity contribution is -0.150. The van der Waals surface area contributed by atoms with Gasteiger partial charge in [-0.1, -0.05) is 23.7 Å². The van der Waals surface area contributed by atoms with Crippen LogP contribution in [0, 0.1) is 0 Å². The number of methoxy groups -OCH3 is 2. The number of rotatable bonds is 4. The molecule has 138 valence electrons. The van der Waals surface area contributed by atoms with Crippen LogP contribution in [0.2, 0.25) is 5.02 Å². The Morgan fingerprint density at radius 3 is 2.08 bits per heavy atom. The van der Waals surface area contributed by atoms with Crippen molar-refractivity contribution in [3.63, 3.8) is 0 Å². The first-order valence-electron chi connectivity index (χ1n) is 7.85. The van der Waals surface area contributed by atoms with Gasteiger partial charge in [0, 0.05) is 16.3 Å². The van der Waals surface area contributed by atoms with Crippen molar-refractivity contribution in [3.05, 3.63) is 51.7 Å². The van der Waals surface area contributed by atoms with Gasteiger partial charge in [-0.2, -0.15) is 0 Å². The van der Waals surface area contributed by atoms with E-state index in [0.29, 0.717) is 21.9 Å². The lowest BCUT2D eigenvalue weighted by Crippen LogP contribution is -2.60.